The van der Waals surface area contributed by atoms with Crippen LogP contribution < -0.4 is 5.32 Å². The molecule has 1 N–H and O–H groups in total. The highest BCUT2D eigenvalue weighted by molar-refractivity contribution is 9.10. The van der Waals surface area contributed by atoms with Crippen LogP contribution in [0.25, 0.3) is 0 Å². The smallest absolute Gasteiger partial charge is 0.250 e. The van der Waals surface area contributed by atoms with Gasteiger partial charge >= 0.3 is 0 Å². The predicted molar refractivity (Wildman–Crippen MR) is 51.9 cm³/mol. The van der Waals surface area contributed by atoms with Crippen molar-refractivity contribution in [1.82, 2.24) is 5.32 Å². The largest absolute Gasteiger partial charge is 0.307 e. The van der Waals surface area contributed by atoms with E-state index in [1.54, 1.807) is 0 Å². The summed E-state index contributed by atoms with van der Waals surface area (Å²) in [7, 11) is 0. The van der Waals surface area contributed by atoms with Crippen LogP contribution in [0.2, 0.25) is 0 Å². The van der Waals surface area contributed by atoms with Gasteiger partial charge in [0.05, 0.1) is 6.54 Å². The summed E-state index contributed by atoms with van der Waals surface area (Å²) in [5.74, 6) is 0. The predicted octanol–water partition coefficient (Wildman–Crippen LogP) is 2.80. The Labute approximate surface area is 84.3 Å². The van der Waals surface area contributed by atoms with E-state index < -0.39 is 6.43 Å². The lowest BCUT2D eigenvalue weighted by Crippen LogP contribution is -2.20. The highest BCUT2D eigenvalue weighted by Crippen LogP contribution is 2.11. The third-order valence-electron chi connectivity index (χ3n) is 1.52. The van der Waals surface area contributed by atoms with Crippen molar-refractivity contribution in [3.63, 3.8) is 0 Å². The van der Waals surface area contributed by atoms with Crippen LogP contribution in [0.5, 0.6) is 0 Å². The molecule has 4 heteroatoms. The van der Waals surface area contributed by atoms with Gasteiger partial charge in [0.15, 0.2) is 0 Å². The topological polar surface area (TPSA) is 12.0 Å². The molecule has 0 radical (unpaired) electrons. The Balaban J connectivity index is 2.37. The van der Waals surface area contributed by atoms with Crippen LogP contribution in [-0.2, 0) is 6.54 Å². The van der Waals surface area contributed by atoms with Gasteiger partial charge in [0.25, 0.3) is 6.43 Å². The Kier molecular flexibility index (Phi) is 4.32. The van der Waals surface area contributed by atoms with Gasteiger partial charge in [-0.05, 0) is 17.7 Å². The van der Waals surface area contributed by atoms with E-state index >= 15 is 0 Å². The molecule has 1 rings (SSSR count). The fraction of sp³-hybridized carbons (Fsp3) is 0.333. The summed E-state index contributed by atoms with van der Waals surface area (Å²) in [6.45, 7) is 0.219. The molecule has 0 bridgehead atoms. The van der Waals surface area contributed by atoms with Gasteiger partial charge in [0.1, 0.15) is 0 Å². The summed E-state index contributed by atoms with van der Waals surface area (Å²) < 4.78 is 24.5. The first-order valence-electron chi connectivity index (χ1n) is 3.92. The number of hydrogen-bond donors (Lipinski definition) is 1. The monoisotopic (exact) mass is 249 g/mol. The molecule has 0 aromatic heterocycles. The SMILES string of the molecule is FC(F)CNCc1cccc(Br)c1. The molecule has 0 aliphatic rings. The van der Waals surface area contributed by atoms with Crippen LogP contribution >= 0.6 is 15.9 Å². The Morgan fingerprint density at radius 2 is 2.15 bits per heavy atom. The minimum Gasteiger partial charge on any atom is -0.307 e. The molecular weight excluding hydrogens is 240 g/mol. The van der Waals surface area contributed by atoms with E-state index in [9.17, 15) is 8.78 Å². The second-order valence-electron chi connectivity index (χ2n) is 2.65. The molecule has 72 valence electrons. The molecule has 0 saturated carbocycles. The summed E-state index contributed by atoms with van der Waals surface area (Å²) in [5, 5.41) is 2.66. The number of benzene rings is 1. The molecule has 1 nitrogen and oxygen atoms in total. The lowest BCUT2D eigenvalue weighted by atomic mass is 10.2. The van der Waals surface area contributed by atoms with Crippen LogP contribution in [-0.4, -0.2) is 13.0 Å². The quantitative estimate of drug-likeness (QED) is 0.866. The first kappa shape index (κ1) is 10.6. The molecule has 0 atom stereocenters. The van der Waals surface area contributed by atoms with Crippen LogP contribution in [0.1, 0.15) is 5.56 Å². The molecule has 0 fully saturated rings. The van der Waals surface area contributed by atoms with Crippen molar-refractivity contribution in [2.45, 2.75) is 13.0 Å². The van der Waals surface area contributed by atoms with Gasteiger partial charge < -0.3 is 5.32 Å². The minimum atomic E-state index is -2.29. The summed E-state index contributed by atoms with van der Waals surface area (Å²) in [6, 6.07) is 7.57. The molecule has 1 aromatic rings. The average molecular weight is 250 g/mol. The normalized spacial score (nSPS) is 10.8. The van der Waals surface area contributed by atoms with Crippen molar-refractivity contribution in [3.8, 4) is 0 Å². The summed E-state index contributed by atoms with van der Waals surface area (Å²) in [6.07, 6.45) is -2.29. The minimum absolute atomic E-state index is 0.257. The lowest BCUT2D eigenvalue weighted by Gasteiger charge is -2.03. The Bertz CT molecular complexity index is 266. The fourth-order valence-corrected chi connectivity index (χ4v) is 1.42. The van der Waals surface area contributed by atoms with E-state index in [0.29, 0.717) is 6.54 Å². The zero-order valence-corrected chi connectivity index (χ0v) is 8.52. The zero-order valence-electron chi connectivity index (χ0n) is 6.93. The lowest BCUT2D eigenvalue weighted by molar-refractivity contribution is 0.145. The first-order valence-corrected chi connectivity index (χ1v) is 4.71. The summed E-state index contributed by atoms with van der Waals surface area (Å²) in [4.78, 5) is 0. The first-order chi connectivity index (χ1) is 6.18. The molecule has 0 amide bonds. The average Bonchev–Trinajstić information content (AvgIpc) is 2.03. The van der Waals surface area contributed by atoms with E-state index in [0.717, 1.165) is 10.0 Å². The van der Waals surface area contributed by atoms with Gasteiger partial charge in [0.2, 0.25) is 0 Å². The van der Waals surface area contributed by atoms with Gasteiger partial charge in [0, 0.05) is 11.0 Å². The van der Waals surface area contributed by atoms with Gasteiger partial charge in [-0.2, -0.15) is 0 Å². The number of nitrogens with one attached hydrogen (secondary N) is 1. The van der Waals surface area contributed by atoms with Gasteiger partial charge in [-0.1, -0.05) is 28.1 Å². The standard InChI is InChI=1S/C9H10BrF2N/c10-8-3-1-2-7(4-8)5-13-6-9(11)12/h1-4,9,13H,5-6H2. The van der Waals surface area contributed by atoms with Crippen molar-refractivity contribution in [3.05, 3.63) is 34.3 Å². The molecule has 0 spiro atoms. The summed E-state index contributed by atoms with van der Waals surface area (Å²) >= 11 is 3.31. The van der Waals surface area contributed by atoms with E-state index in [-0.39, 0.29) is 6.54 Å². The van der Waals surface area contributed by atoms with Crippen LogP contribution in [0.15, 0.2) is 28.7 Å². The maximum atomic E-state index is 11.7. The maximum absolute atomic E-state index is 11.7. The molecule has 1 aromatic carbocycles. The van der Waals surface area contributed by atoms with E-state index in [1.807, 2.05) is 24.3 Å². The number of hydrogen-bond acceptors (Lipinski definition) is 1. The van der Waals surface area contributed by atoms with Gasteiger partial charge in [-0.25, -0.2) is 8.78 Å². The Morgan fingerprint density at radius 3 is 2.77 bits per heavy atom. The maximum Gasteiger partial charge on any atom is 0.250 e. The van der Waals surface area contributed by atoms with Gasteiger partial charge in [-0.15, -0.1) is 0 Å². The van der Waals surface area contributed by atoms with Crippen LogP contribution in [0, 0.1) is 0 Å². The molecule has 0 aliphatic carbocycles. The van der Waals surface area contributed by atoms with Crippen LogP contribution in [0.3, 0.4) is 0 Å². The van der Waals surface area contributed by atoms with Crippen molar-refractivity contribution < 1.29 is 8.78 Å². The Morgan fingerprint density at radius 1 is 1.38 bits per heavy atom. The Hall–Kier alpha value is -0.480. The van der Waals surface area contributed by atoms with Gasteiger partial charge in [-0.3, -0.25) is 0 Å². The third-order valence-corrected chi connectivity index (χ3v) is 2.01. The second kappa shape index (κ2) is 5.29. The number of rotatable bonds is 4. The summed E-state index contributed by atoms with van der Waals surface area (Å²) in [5.41, 5.74) is 0.995. The molecule has 13 heavy (non-hydrogen) atoms. The van der Waals surface area contributed by atoms with Crippen molar-refractivity contribution in [2.75, 3.05) is 6.54 Å². The molecule has 0 heterocycles. The zero-order chi connectivity index (χ0) is 9.68. The number of alkyl halides is 2. The second-order valence-corrected chi connectivity index (χ2v) is 3.57. The van der Waals surface area contributed by atoms with Crippen LogP contribution in [0.4, 0.5) is 8.78 Å². The van der Waals surface area contributed by atoms with Crippen molar-refractivity contribution in [2.24, 2.45) is 0 Å². The third kappa shape index (κ3) is 4.33. The van der Waals surface area contributed by atoms with Crippen molar-refractivity contribution >= 4 is 15.9 Å². The van der Waals surface area contributed by atoms with E-state index in [2.05, 4.69) is 21.2 Å². The highest BCUT2D eigenvalue weighted by Gasteiger charge is 2.00. The molecule has 0 aliphatic heterocycles. The van der Waals surface area contributed by atoms with Crippen molar-refractivity contribution in [1.29, 1.82) is 0 Å². The van der Waals surface area contributed by atoms with E-state index in [4.69, 9.17) is 0 Å². The molecule has 0 saturated heterocycles. The highest BCUT2D eigenvalue weighted by atomic mass is 79.9. The molecular formula is C9H10BrF2N. The van der Waals surface area contributed by atoms with E-state index in [1.165, 1.54) is 0 Å². The fourth-order valence-electron chi connectivity index (χ4n) is 0.973. The molecule has 0 unspecified atom stereocenters. The number of halogens is 3.